The fraction of sp³-hybridized carbons (Fsp3) is 0.438. The van der Waals surface area contributed by atoms with Crippen LogP contribution in [0.15, 0.2) is 16.5 Å². The SMILES string of the molecule is Cc1cc(C(C)n2c(C)cc(C(=O)CCl)c2C)c(C)o1. The lowest BCUT2D eigenvalue weighted by Gasteiger charge is -2.18. The van der Waals surface area contributed by atoms with Gasteiger partial charge in [-0.3, -0.25) is 4.79 Å². The number of hydrogen-bond donors (Lipinski definition) is 0. The Kier molecular flexibility index (Phi) is 4.09. The van der Waals surface area contributed by atoms with Crippen LogP contribution in [0, 0.1) is 27.7 Å². The van der Waals surface area contributed by atoms with Gasteiger partial charge >= 0.3 is 0 Å². The molecule has 0 aromatic carbocycles. The molecule has 108 valence electrons. The highest BCUT2D eigenvalue weighted by Crippen LogP contribution is 2.29. The van der Waals surface area contributed by atoms with Crippen molar-refractivity contribution in [3.8, 4) is 0 Å². The van der Waals surface area contributed by atoms with Crippen LogP contribution in [0.5, 0.6) is 0 Å². The Morgan fingerprint density at radius 1 is 1.30 bits per heavy atom. The number of nitrogens with zero attached hydrogens (tertiary/aromatic N) is 1. The smallest absolute Gasteiger partial charge is 0.179 e. The Hall–Kier alpha value is -1.48. The first-order valence-electron chi connectivity index (χ1n) is 6.71. The molecule has 1 unspecified atom stereocenters. The summed E-state index contributed by atoms with van der Waals surface area (Å²) in [5.41, 5.74) is 3.87. The second-order valence-electron chi connectivity index (χ2n) is 5.26. The number of Topliss-reactive ketones (excluding diaryl/α,β-unsaturated/α-hetero) is 1. The van der Waals surface area contributed by atoms with Crippen molar-refractivity contribution in [2.45, 2.75) is 40.7 Å². The molecule has 0 saturated heterocycles. The highest BCUT2D eigenvalue weighted by Gasteiger charge is 2.21. The summed E-state index contributed by atoms with van der Waals surface area (Å²) in [5, 5.41) is 0. The van der Waals surface area contributed by atoms with E-state index in [1.165, 1.54) is 0 Å². The van der Waals surface area contributed by atoms with Crippen LogP contribution in [0.4, 0.5) is 0 Å². The van der Waals surface area contributed by atoms with E-state index in [1.807, 2.05) is 33.8 Å². The Labute approximate surface area is 124 Å². The normalized spacial score (nSPS) is 12.7. The first-order valence-corrected chi connectivity index (χ1v) is 7.24. The van der Waals surface area contributed by atoms with Crippen LogP contribution >= 0.6 is 11.6 Å². The van der Waals surface area contributed by atoms with Gasteiger partial charge in [-0.15, -0.1) is 11.6 Å². The predicted octanol–water partition coefficient (Wildman–Crippen LogP) is 4.35. The van der Waals surface area contributed by atoms with E-state index in [-0.39, 0.29) is 17.7 Å². The zero-order valence-electron chi connectivity index (χ0n) is 12.6. The Morgan fingerprint density at radius 3 is 2.45 bits per heavy atom. The van der Waals surface area contributed by atoms with Crippen molar-refractivity contribution in [2.24, 2.45) is 0 Å². The van der Waals surface area contributed by atoms with Gasteiger partial charge in [-0.25, -0.2) is 0 Å². The fourth-order valence-corrected chi connectivity index (χ4v) is 3.08. The first-order chi connectivity index (χ1) is 9.36. The summed E-state index contributed by atoms with van der Waals surface area (Å²) >= 11 is 5.67. The predicted molar refractivity (Wildman–Crippen MR) is 81.0 cm³/mol. The Balaban J connectivity index is 2.50. The lowest BCUT2D eigenvalue weighted by atomic mass is 10.1. The van der Waals surface area contributed by atoms with E-state index in [0.29, 0.717) is 5.56 Å². The highest BCUT2D eigenvalue weighted by molar-refractivity contribution is 6.30. The lowest BCUT2D eigenvalue weighted by Crippen LogP contribution is -2.11. The maximum Gasteiger partial charge on any atom is 0.179 e. The Morgan fingerprint density at radius 2 is 1.95 bits per heavy atom. The van der Waals surface area contributed by atoms with Crippen LogP contribution < -0.4 is 0 Å². The van der Waals surface area contributed by atoms with Crippen molar-refractivity contribution in [3.05, 3.63) is 46.2 Å². The summed E-state index contributed by atoms with van der Waals surface area (Å²) in [7, 11) is 0. The largest absolute Gasteiger partial charge is 0.466 e. The quantitative estimate of drug-likeness (QED) is 0.620. The molecular formula is C16H20ClNO2. The summed E-state index contributed by atoms with van der Waals surface area (Å²) in [6, 6.07) is 4.10. The molecule has 20 heavy (non-hydrogen) atoms. The van der Waals surface area contributed by atoms with E-state index in [0.717, 1.165) is 28.5 Å². The third-order valence-electron chi connectivity index (χ3n) is 3.82. The number of rotatable bonds is 4. The second-order valence-corrected chi connectivity index (χ2v) is 5.52. The number of carbonyl (C=O) groups is 1. The molecule has 0 amide bonds. The van der Waals surface area contributed by atoms with E-state index >= 15 is 0 Å². The molecule has 2 aromatic heterocycles. The van der Waals surface area contributed by atoms with Crippen LogP contribution in [0.3, 0.4) is 0 Å². The number of aryl methyl sites for hydroxylation is 3. The van der Waals surface area contributed by atoms with Gasteiger partial charge in [0.1, 0.15) is 11.5 Å². The highest BCUT2D eigenvalue weighted by atomic mass is 35.5. The minimum atomic E-state index is -0.0293. The van der Waals surface area contributed by atoms with Gasteiger partial charge in [-0.05, 0) is 46.8 Å². The molecule has 0 fully saturated rings. The van der Waals surface area contributed by atoms with Gasteiger partial charge in [0.25, 0.3) is 0 Å². The van der Waals surface area contributed by atoms with Gasteiger partial charge in [-0.2, -0.15) is 0 Å². The molecule has 0 saturated carbocycles. The molecule has 0 spiro atoms. The third-order valence-corrected chi connectivity index (χ3v) is 4.07. The maximum absolute atomic E-state index is 11.9. The zero-order valence-corrected chi connectivity index (χ0v) is 13.3. The average Bonchev–Trinajstić information content (AvgIpc) is 2.87. The van der Waals surface area contributed by atoms with Crippen molar-refractivity contribution >= 4 is 17.4 Å². The minimum Gasteiger partial charge on any atom is -0.466 e. The summed E-state index contributed by atoms with van der Waals surface area (Å²) in [6.07, 6.45) is 0. The molecule has 1 atom stereocenters. The first kappa shape index (κ1) is 14.9. The topological polar surface area (TPSA) is 35.1 Å². The third kappa shape index (κ3) is 2.42. The van der Waals surface area contributed by atoms with Crippen molar-refractivity contribution in [3.63, 3.8) is 0 Å². The molecule has 0 N–H and O–H groups in total. The zero-order chi connectivity index (χ0) is 15.0. The standard InChI is InChI=1S/C16H20ClNO2/c1-9-6-15(16(19)8-17)12(4)18(9)11(3)14-7-10(2)20-13(14)5/h6-7,11H,8H2,1-5H3. The van der Waals surface area contributed by atoms with E-state index in [9.17, 15) is 4.79 Å². The summed E-state index contributed by atoms with van der Waals surface area (Å²) in [4.78, 5) is 11.9. The van der Waals surface area contributed by atoms with E-state index in [1.54, 1.807) is 0 Å². The van der Waals surface area contributed by atoms with Gasteiger partial charge < -0.3 is 8.98 Å². The molecule has 0 radical (unpaired) electrons. The molecular weight excluding hydrogens is 274 g/mol. The average molecular weight is 294 g/mol. The van der Waals surface area contributed by atoms with Gasteiger partial charge in [0.2, 0.25) is 0 Å². The number of ketones is 1. The van der Waals surface area contributed by atoms with Gasteiger partial charge in [0.05, 0.1) is 11.9 Å². The maximum atomic E-state index is 11.9. The van der Waals surface area contributed by atoms with E-state index in [2.05, 4.69) is 17.6 Å². The van der Waals surface area contributed by atoms with Crippen molar-refractivity contribution in [1.82, 2.24) is 4.57 Å². The molecule has 2 heterocycles. The van der Waals surface area contributed by atoms with Crippen LogP contribution in [-0.4, -0.2) is 16.2 Å². The number of furan rings is 1. The van der Waals surface area contributed by atoms with Gasteiger partial charge in [0.15, 0.2) is 5.78 Å². The van der Waals surface area contributed by atoms with Crippen molar-refractivity contribution < 1.29 is 9.21 Å². The molecule has 2 aromatic rings. The molecule has 3 nitrogen and oxygen atoms in total. The summed E-state index contributed by atoms with van der Waals surface area (Å²) in [5.74, 6) is 1.82. The Bertz CT molecular complexity index is 652. The van der Waals surface area contributed by atoms with Gasteiger partial charge in [0, 0.05) is 22.5 Å². The van der Waals surface area contributed by atoms with Crippen LogP contribution in [0.2, 0.25) is 0 Å². The minimum absolute atomic E-state index is 0.0164. The number of alkyl halides is 1. The van der Waals surface area contributed by atoms with E-state index in [4.69, 9.17) is 16.0 Å². The van der Waals surface area contributed by atoms with Crippen LogP contribution in [0.1, 0.15) is 51.8 Å². The summed E-state index contributed by atoms with van der Waals surface area (Å²) in [6.45, 7) is 10.0. The van der Waals surface area contributed by atoms with Crippen molar-refractivity contribution in [1.29, 1.82) is 0 Å². The van der Waals surface area contributed by atoms with Crippen LogP contribution in [0.25, 0.3) is 0 Å². The summed E-state index contributed by atoms with van der Waals surface area (Å²) < 4.78 is 7.77. The van der Waals surface area contributed by atoms with Crippen LogP contribution in [-0.2, 0) is 0 Å². The van der Waals surface area contributed by atoms with E-state index < -0.39 is 0 Å². The molecule has 0 aliphatic carbocycles. The lowest BCUT2D eigenvalue weighted by molar-refractivity contribution is 0.102. The molecule has 2 rings (SSSR count). The number of hydrogen-bond acceptors (Lipinski definition) is 2. The molecule has 0 bridgehead atoms. The van der Waals surface area contributed by atoms with Gasteiger partial charge in [-0.1, -0.05) is 0 Å². The molecule has 0 aliphatic rings. The fourth-order valence-electron chi connectivity index (χ4n) is 2.93. The number of carbonyl (C=O) groups excluding carboxylic acids is 1. The number of aromatic nitrogens is 1. The monoisotopic (exact) mass is 293 g/mol. The molecule has 0 aliphatic heterocycles. The van der Waals surface area contributed by atoms with Crippen molar-refractivity contribution in [2.75, 3.05) is 5.88 Å². The second kappa shape index (κ2) is 5.49. The number of halogens is 1. The molecule has 4 heteroatoms.